The smallest absolute Gasteiger partial charge is 0.317 e. The quantitative estimate of drug-likeness (QED) is 0.773. The van der Waals surface area contributed by atoms with Crippen LogP contribution in [-0.4, -0.2) is 66.2 Å². The number of hydrogen-bond donors (Lipinski definition) is 2. The average molecular weight is 297 g/mol. The van der Waals surface area contributed by atoms with Crippen LogP contribution in [0.5, 0.6) is 0 Å². The van der Waals surface area contributed by atoms with Gasteiger partial charge in [-0.05, 0) is 44.2 Å². The molecule has 2 unspecified atom stereocenters. The Bertz CT molecular complexity index is 369. The Morgan fingerprint density at radius 1 is 1.29 bits per heavy atom. The highest BCUT2D eigenvalue weighted by molar-refractivity contribution is 5.74. The molecule has 2 N–H and O–H groups in total. The molecule has 2 saturated heterocycles. The number of nitrogens with zero attached hydrogens (tertiary/aromatic N) is 2. The molecule has 2 amide bonds. The Kier molecular flexibility index (Phi) is 5.85. The molecular weight excluding hydrogens is 270 g/mol. The van der Waals surface area contributed by atoms with Crippen LogP contribution in [0.25, 0.3) is 0 Å². The second-order valence-corrected chi connectivity index (χ2v) is 6.50. The molecule has 0 aromatic carbocycles. The van der Waals surface area contributed by atoms with Crippen LogP contribution in [0.3, 0.4) is 0 Å². The van der Waals surface area contributed by atoms with Crippen molar-refractivity contribution in [3.05, 3.63) is 0 Å². The third-order valence-corrected chi connectivity index (χ3v) is 4.41. The molecule has 0 bridgehead atoms. The maximum atomic E-state index is 12.1. The topological polar surface area (TPSA) is 72.9 Å². The van der Waals surface area contributed by atoms with Gasteiger partial charge in [-0.15, -0.1) is 0 Å². The normalized spacial score (nSPS) is 24.2. The molecule has 2 aliphatic heterocycles. The lowest BCUT2D eigenvalue weighted by molar-refractivity contribution is -0.138. The van der Waals surface area contributed by atoms with Crippen molar-refractivity contribution in [1.82, 2.24) is 15.1 Å². The summed E-state index contributed by atoms with van der Waals surface area (Å²) in [6, 6.07) is -0.0452. The van der Waals surface area contributed by atoms with Crippen molar-refractivity contribution in [1.29, 1.82) is 0 Å². The van der Waals surface area contributed by atoms with Gasteiger partial charge in [0.05, 0.1) is 0 Å². The van der Waals surface area contributed by atoms with E-state index in [9.17, 15) is 9.59 Å². The van der Waals surface area contributed by atoms with Crippen molar-refractivity contribution < 1.29 is 14.7 Å². The van der Waals surface area contributed by atoms with E-state index in [0.29, 0.717) is 25.6 Å². The summed E-state index contributed by atoms with van der Waals surface area (Å²) in [6.45, 7) is 7.50. The predicted molar refractivity (Wildman–Crippen MR) is 80.2 cm³/mol. The first-order valence-corrected chi connectivity index (χ1v) is 8.01. The number of amides is 2. The van der Waals surface area contributed by atoms with Gasteiger partial charge in [0.1, 0.15) is 0 Å². The van der Waals surface area contributed by atoms with Gasteiger partial charge >= 0.3 is 12.0 Å². The monoisotopic (exact) mass is 297 g/mol. The number of rotatable bonds is 6. The summed E-state index contributed by atoms with van der Waals surface area (Å²) in [4.78, 5) is 27.0. The van der Waals surface area contributed by atoms with Gasteiger partial charge in [-0.2, -0.15) is 0 Å². The van der Waals surface area contributed by atoms with Crippen LogP contribution in [0, 0.1) is 11.8 Å². The molecule has 0 aromatic rings. The van der Waals surface area contributed by atoms with Gasteiger partial charge in [-0.3, -0.25) is 4.79 Å². The molecule has 2 fully saturated rings. The molecule has 21 heavy (non-hydrogen) atoms. The highest BCUT2D eigenvalue weighted by atomic mass is 16.4. The van der Waals surface area contributed by atoms with E-state index in [0.717, 1.165) is 13.0 Å². The zero-order valence-electron chi connectivity index (χ0n) is 12.9. The van der Waals surface area contributed by atoms with E-state index in [1.807, 2.05) is 0 Å². The average Bonchev–Trinajstić information content (AvgIpc) is 3.07. The first-order valence-electron chi connectivity index (χ1n) is 8.01. The van der Waals surface area contributed by atoms with Crippen molar-refractivity contribution in [2.75, 3.05) is 39.3 Å². The largest absolute Gasteiger partial charge is 0.481 e. The van der Waals surface area contributed by atoms with Crippen molar-refractivity contribution in [3.8, 4) is 0 Å². The summed E-state index contributed by atoms with van der Waals surface area (Å²) in [5.74, 6) is -0.221. The summed E-state index contributed by atoms with van der Waals surface area (Å²) in [7, 11) is 0. The minimum atomic E-state index is -0.776. The first-order chi connectivity index (χ1) is 10.0. The van der Waals surface area contributed by atoms with Gasteiger partial charge in [0, 0.05) is 32.6 Å². The molecule has 2 aliphatic rings. The number of carbonyl (C=O) groups excluding carboxylic acids is 1. The van der Waals surface area contributed by atoms with Crippen molar-refractivity contribution in [3.63, 3.8) is 0 Å². The van der Waals surface area contributed by atoms with Gasteiger partial charge in [0.15, 0.2) is 0 Å². The maximum Gasteiger partial charge on any atom is 0.317 e. The molecule has 2 heterocycles. The van der Waals surface area contributed by atoms with Crippen LogP contribution in [-0.2, 0) is 4.79 Å². The fraction of sp³-hybridized carbons (Fsp3) is 0.867. The fourth-order valence-electron chi connectivity index (χ4n) is 3.27. The Morgan fingerprint density at radius 2 is 2.00 bits per heavy atom. The molecule has 0 aliphatic carbocycles. The summed E-state index contributed by atoms with van der Waals surface area (Å²) < 4.78 is 0. The number of carboxylic acids is 1. The van der Waals surface area contributed by atoms with Gasteiger partial charge in [-0.1, -0.05) is 6.92 Å². The lowest BCUT2D eigenvalue weighted by Crippen LogP contribution is -2.42. The summed E-state index contributed by atoms with van der Waals surface area (Å²) >= 11 is 0. The Balaban J connectivity index is 1.64. The van der Waals surface area contributed by atoms with Gasteiger partial charge in [-0.25, -0.2) is 4.79 Å². The summed E-state index contributed by atoms with van der Waals surface area (Å²) in [6.07, 6.45) is 3.54. The number of likely N-dealkylation sites (tertiary alicyclic amines) is 2. The molecule has 2 atom stereocenters. The van der Waals surface area contributed by atoms with E-state index in [4.69, 9.17) is 5.11 Å². The number of carboxylic acid groups (broad SMARTS) is 1. The van der Waals surface area contributed by atoms with E-state index in [1.165, 1.54) is 25.9 Å². The molecule has 0 radical (unpaired) electrons. The number of nitrogens with one attached hydrogen (secondary N) is 1. The maximum absolute atomic E-state index is 12.1. The molecule has 6 heteroatoms. The zero-order valence-corrected chi connectivity index (χ0v) is 12.9. The van der Waals surface area contributed by atoms with E-state index in [2.05, 4.69) is 17.1 Å². The minimum Gasteiger partial charge on any atom is -0.481 e. The van der Waals surface area contributed by atoms with E-state index in [-0.39, 0.29) is 18.4 Å². The highest BCUT2D eigenvalue weighted by Crippen LogP contribution is 2.19. The Labute approximate surface area is 126 Å². The van der Waals surface area contributed by atoms with Crippen LogP contribution >= 0.6 is 0 Å². The standard InChI is InChI=1S/C15H27N3O3/c1-12(10-17-5-2-3-6-17)9-16-15(21)18-7-4-13(11-18)8-14(19)20/h12-13H,2-11H2,1H3,(H,16,21)(H,19,20). The molecular formula is C15H27N3O3. The van der Waals surface area contributed by atoms with Crippen molar-refractivity contribution in [2.24, 2.45) is 11.8 Å². The molecule has 2 rings (SSSR count). The number of hydrogen-bond acceptors (Lipinski definition) is 3. The molecule has 0 spiro atoms. The molecule has 0 aromatic heterocycles. The van der Waals surface area contributed by atoms with E-state index >= 15 is 0 Å². The molecule has 0 saturated carbocycles. The Morgan fingerprint density at radius 3 is 2.67 bits per heavy atom. The van der Waals surface area contributed by atoms with Gasteiger partial charge in [0.2, 0.25) is 0 Å². The zero-order chi connectivity index (χ0) is 15.2. The van der Waals surface area contributed by atoms with Crippen LogP contribution in [0.4, 0.5) is 4.79 Å². The molecule has 120 valence electrons. The van der Waals surface area contributed by atoms with Gasteiger partial charge in [0.25, 0.3) is 0 Å². The number of urea groups is 1. The van der Waals surface area contributed by atoms with Crippen LogP contribution in [0.2, 0.25) is 0 Å². The summed E-state index contributed by atoms with van der Waals surface area (Å²) in [5, 5.41) is 11.8. The van der Waals surface area contributed by atoms with Gasteiger partial charge < -0.3 is 20.2 Å². The van der Waals surface area contributed by atoms with Crippen LogP contribution < -0.4 is 5.32 Å². The second kappa shape index (κ2) is 7.64. The van der Waals surface area contributed by atoms with E-state index < -0.39 is 5.97 Å². The second-order valence-electron chi connectivity index (χ2n) is 6.50. The van der Waals surface area contributed by atoms with Crippen LogP contribution in [0.1, 0.15) is 32.6 Å². The predicted octanol–water partition coefficient (Wildman–Crippen LogP) is 1.22. The summed E-state index contributed by atoms with van der Waals surface area (Å²) in [5.41, 5.74) is 0. The lowest BCUT2D eigenvalue weighted by atomic mass is 10.1. The van der Waals surface area contributed by atoms with Crippen molar-refractivity contribution in [2.45, 2.75) is 32.6 Å². The number of aliphatic carboxylic acids is 1. The first kappa shape index (κ1) is 16.1. The SMILES string of the molecule is CC(CNC(=O)N1CCC(CC(=O)O)C1)CN1CCCC1. The van der Waals surface area contributed by atoms with E-state index in [1.54, 1.807) is 4.90 Å². The highest BCUT2D eigenvalue weighted by Gasteiger charge is 2.27. The lowest BCUT2D eigenvalue weighted by Gasteiger charge is -2.22. The minimum absolute atomic E-state index is 0.0452. The number of carbonyl (C=O) groups is 2. The molecule has 6 nitrogen and oxygen atoms in total. The third-order valence-electron chi connectivity index (χ3n) is 4.41. The van der Waals surface area contributed by atoms with Crippen LogP contribution in [0.15, 0.2) is 0 Å². The fourth-order valence-corrected chi connectivity index (χ4v) is 3.27. The Hall–Kier alpha value is -1.30. The third kappa shape index (κ3) is 5.19. The van der Waals surface area contributed by atoms with Crippen molar-refractivity contribution >= 4 is 12.0 Å².